The summed E-state index contributed by atoms with van der Waals surface area (Å²) in [6, 6.07) is 11.5. The van der Waals surface area contributed by atoms with Crippen molar-refractivity contribution in [1.82, 2.24) is 4.98 Å². The lowest BCUT2D eigenvalue weighted by molar-refractivity contribution is 0.170. The largest absolute Gasteiger partial charge is 0.490 e. The molecule has 2 heterocycles. The molecule has 0 unspecified atom stereocenters. The monoisotopic (exact) mass is 299 g/mol. The van der Waals surface area contributed by atoms with Crippen LogP contribution in [0.1, 0.15) is 18.4 Å². The zero-order chi connectivity index (χ0) is 15.4. The first-order valence-electron chi connectivity index (χ1n) is 7.57. The van der Waals surface area contributed by atoms with Gasteiger partial charge >= 0.3 is 0 Å². The van der Waals surface area contributed by atoms with Gasteiger partial charge in [0.05, 0.1) is 18.5 Å². The molecule has 0 bridgehead atoms. The number of nitrogen functional groups attached to an aromatic ring is 1. The second-order valence-corrected chi connectivity index (χ2v) is 5.56. The Morgan fingerprint density at radius 1 is 1.14 bits per heavy atom. The molecule has 1 saturated heterocycles. The number of piperidine rings is 1. The van der Waals surface area contributed by atoms with Gasteiger partial charge in [0.2, 0.25) is 0 Å². The molecule has 3 rings (SSSR count). The molecule has 0 spiro atoms. The first-order chi connectivity index (χ1) is 10.7. The van der Waals surface area contributed by atoms with Crippen molar-refractivity contribution in [2.45, 2.75) is 25.6 Å². The average molecular weight is 299 g/mol. The molecule has 0 aliphatic carbocycles. The quantitative estimate of drug-likeness (QED) is 0.905. The molecule has 1 aliphatic heterocycles. The molecular formula is C17H21N3O2. The molecule has 22 heavy (non-hydrogen) atoms. The predicted octanol–water partition coefficient (Wildman–Crippen LogP) is 2.20. The number of aliphatic hydroxyl groups is 1. The summed E-state index contributed by atoms with van der Waals surface area (Å²) in [4.78, 5) is 6.62. The van der Waals surface area contributed by atoms with Crippen molar-refractivity contribution in [2.75, 3.05) is 23.7 Å². The Bertz CT molecular complexity index is 590. The highest BCUT2D eigenvalue weighted by molar-refractivity contribution is 5.46. The summed E-state index contributed by atoms with van der Waals surface area (Å²) in [7, 11) is 0. The molecule has 1 aliphatic rings. The Kier molecular flexibility index (Phi) is 4.44. The fraction of sp³-hybridized carbons (Fsp3) is 0.353. The van der Waals surface area contributed by atoms with E-state index < -0.39 is 0 Å². The van der Waals surface area contributed by atoms with E-state index in [9.17, 15) is 0 Å². The Balaban J connectivity index is 1.53. The Morgan fingerprint density at radius 3 is 2.45 bits per heavy atom. The molecule has 3 N–H and O–H groups in total. The highest BCUT2D eigenvalue weighted by Crippen LogP contribution is 2.22. The molecule has 5 heteroatoms. The average Bonchev–Trinajstić information content (AvgIpc) is 2.57. The molecule has 116 valence electrons. The van der Waals surface area contributed by atoms with Gasteiger partial charge in [0, 0.05) is 25.9 Å². The van der Waals surface area contributed by atoms with Gasteiger partial charge in [0.1, 0.15) is 17.7 Å². The standard InChI is InChI=1S/C17H21N3O2/c18-14-3-6-17(19-11-14)20-9-7-16(8-10-20)22-15-4-1-13(12-21)2-5-15/h1-6,11,16,21H,7-10,12,18H2. The summed E-state index contributed by atoms with van der Waals surface area (Å²) in [5, 5.41) is 9.04. The fourth-order valence-corrected chi connectivity index (χ4v) is 2.65. The number of ether oxygens (including phenoxy) is 1. The molecule has 1 aromatic carbocycles. The second kappa shape index (κ2) is 6.66. The summed E-state index contributed by atoms with van der Waals surface area (Å²) in [6.07, 6.45) is 3.85. The van der Waals surface area contributed by atoms with Crippen molar-refractivity contribution in [3.8, 4) is 5.75 Å². The van der Waals surface area contributed by atoms with Crippen molar-refractivity contribution in [3.05, 3.63) is 48.2 Å². The minimum absolute atomic E-state index is 0.0628. The highest BCUT2D eigenvalue weighted by Gasteiger charge is 2.21. The van der Waals surface area contributed by atoms with Crippen molar-refractivity contribution in [1.29, 1.82) is 0 Å². The number of nitrogens with zero attached hydrogens (tertiary/aromatic N) is 2. The second-order valence-electron chi connectivity index (χ2n) is 5.56. The van der Waals surface area contributed by atoms with Gasteiger partial charge in [0.15, 0.2) is 0 Å². The van der Waals surface area contributed by atoms with Gasteiger partial charge in [-0.25, -0.2) is 4.98 Å². The molecule has 0 atom stereocenters. The normalized spacial score (nSPS) is 15.8. The van der Waals surface area contributed by atoms with E-state index in [-0.39, 0.29) is 12.7 Å². The van der Waals surface area contributed by atoms with Crippen LogP contribution in [0, 0.1) is 0 Å². The summed E-state index contributed by atoms with van der Waals surface area (Å²) in [5.74, 6) is 1.83. The molecule has 1 fully saturated rings. The summed E-state index contributed by atoms with van der Waals surface area (Å²) >= 11 is 0. The fourth-order valence-electron chi connectivity index (χ4n) is 2.65. The maximum absolute atomic E-state index is 9.04. The van der Waals surface area contributed by atoms with Crippen LogP contribution in [-0.4, -0.2) is 29.3 Å². The van der Waals surface area contributed by atoms with Crippen LogP contribution in [0.4, 0.5) is 11.5 Å². The van der Waals surface area contributed by atoms with Crippen LogP contribution in [-0.2, 0) is 6.61 Å². The zero-order valence-electron chi connectivity index (χ0n) is 12.5. The summed E-state index contributed by atoms with van der Waals surface area (Å²) in [6.45, 7) is 1.92. The Morgan fingerprint density at radius 2 is 1.86 bits per heavy atom. The maximum Gasteiger partial charge on any atom is 0.128 e. The van der Waals surface area contributed by atoms with E-state index in [4.69, 9.17) is 15.6 Å². The molecular weight excluding hydrogens is 278 g/mol. The van der Waals surface area contributed by atoms with Gasteiger partial charge in [-0.05, 0) is 29.8 Å². The molecule has 1 aromatic heterocycles. The van der Waals surface area contributed by atoms with E-state index in [0.717, 1.165) is 43.1 Å². The Hall–Kier alpha value is -2.27. The van der Waals surface area contributed by atoms with E-state index in [1.165, 1.54) is 0 Å². The third-order valence-corrected chi connectivity index (χ3v) is 3.95. The molecule has 5 nitrogen and oxygen atoms in total. The van der Waals surface area contributed by atoms with E-state index in [1.54, 1.807) is 6.20 Å². The lowest BCUT2D eigenvalue weighted by Crippen LogP contribution is -2.38. The van der Waals surface area contributed by atoms with Crippen molar-refractivity contribution < 1.29 is 9.84 Å². The van der Waals surface area contributed by atoms with E-state index in [1.807, 2.05) is 36.4 Å². The first kappa shape index (κ1) is 14.7. The number of aromatic nitrogens is 1. The lowest BCUT2D eigenvalue weighted by atomic mass is 10.1. The Labute approximate surface area is 130 Å². The number of hydrogen-bond acceptors (Lipinski definition) is 5. The van der Waals surface area contributed by atoms with Gasteiger partial charge in [-0.2, -0.15) is 0 Å². The first-order valence-corrected chi connectivity index (χ1v) is 7.57. The van der Waals surface area contributed by atoms with Gasteiger partial charge in [0.25, 0.3) is 0 Å². The number of anilines is 2. The molecule has 0 radical (unpaired) electrons. The van der Waals surface area contributed by atoms with Crippen LogP contribution < -0.4 is 15.4 Å². The van der Waals surface area contributed by atoms with Crippen LogP contribution in [0.25, 0.3) is 0 Å². The van der Waals surface area contributed by atoms with Crippen molar-refractivity contribution in [3.63, 3.8) is 0 Å². The molecule has 0 saturated carbocycles. The number of rotatable bonds is 4. The third-order valence-electron chi connectivity index (χ3n) is 3.95. The minimum atomic E-state index is 0.0628. The van der Waals surface area contributed by atoms with Gasteiger partial charge in [-0.3, -0.25) is 0 Å². The number of aliphatic hydroxyl groups excluding tert-OH is 1. The number of hydrogen-bond donors (Lipinski definition) is 2. The van der Waals surface area contributed by atoms with E-state index in [0.29, 0.717) is 5.69 Å². The van der Waals surface area contributed by atoms with Crippen LogP contribution in [0.5, 0.6) is 5.75 Å². The van der Waals surface area contributed by atoms with E-state index in [2.05, 4.69) is 9.88 Å². The maximum atomic E-state index is 9.04. The SMILES string of the molecule is Nc1ccc(N2CCC(Oc3ccc(CO)cc3)CC2)nc1. The van der Waals surface area contributed by atoms with E-state index >= 15 is 0 Å². The van der Waals surface area contributed by atoms with Crippen LogP contribution >= 0.6 is 0 Å². The van der Waals surface area contributed by atoms with Gasteiger partial charge < -0.3 is 20.5 Å². The van der Waals surface area contributed by atoms with Gasteiger partial charge in [-0.15, -0.1) is 0 Å². The van der Waals surface area contributed by atoms with Crippen LogP contribution in [0.15, 0.2) is 42.6 Å². The smallest absolute Gasteiger partial charge is 0.128 e. The number of nitrogens with two attached hydrogens (primary N) is 1. The highest BCUT2D eigenvalue weighted by atomic mass is 16.5. The van der Waals surface area contributed by atoms with Crippen LogP contribution in [0.3, 0.4) is 0 Å². The zero-order valence-corrected chi connectivity index (χ0v) is 12.5. The minimum Gasteiger partial charge on any atom is -0.490 e. The van der Waals surface area contributed by atoms with Crippen molar-refractivity contribution >= 4 is 11.5 Å². The summed E-state index contributed by atoms with van der Waals surface area (Å²) < 4.78 is 6.01. The topological polar surface area (TPSA) is 71.6 Å². The summed E-state index contributed by atoms with van der Waals surface area (Å²) in [5.41, 5.74) is 7.26. The third kappa shape index (κ3) is 3.49. The number of benzene rings is 1. The lowest BCUT2D eigenvalue weighted by Gasteiger charge is -2.33. The molecule has 2 aromatic rings. The predicted molar refractivity (Wildman–Crippen MR) is 86.9 cm³/mol. The number of pyridine rings is 1. The molecule has 0 amide bonds. The van der Waals surface area contributed by atoms with Gasteiger partial charge in [-0.1, -0.05) is 12.1 Å². The van der Waals surface area contributed by atoms with Crippen molar-refractivity contribution in [2.24, 2.45) is 0 Å². The van der Waals surface area contributed by atoms with Crippen LogP contribution in [0.2, 0.25) is 0 Å².